The van der Waals surface area contributed by atoms with Crippen LogP contribution in [0.1, 0.15) is 97.2 Å². The van der Waals surface area contributed by atoms with Crippen LogP contribution in [0, 0.1) is 0 Å². The third kappa shape index (κ3) is 6.51. The Morgan fingerprint density at radius 2 is 0.696 bits per heavy atom. The summed E-state index contributed by atoms with van der Waals surface area (Å²) in [4.78, 5) is 2.54. The molecule has 334 valence electrons. The van der Waals surface area contributed by atoms with E-state index in [9.17, 15) is 0 Å². The Hall–Kier alpha value is -7.74. The Bertz CT molecular complexity index is 3380. The molecule has 69 heavy (non-hydrogen) atoms. The lowest BCUT2D eigenvalue weighted by Gasteiger charge is -2.37. The largest absolute Gasteiger partial charge is 0.310 e. The topological polar surface area (TPSA) is 3.24 Å². The highest BCUT2D eigenvalue weighted by molar-refractivity contribution is 6.00. The summed E-state index contributed by atoms with van der Waals surface area (Å²) in [6.07, 6.45) is 0. The first kappa shape index (κ1) is 42.6. The quantitative estimate of drug-likeness (QED) is 0.154. The van der Waals surface area contributed by atoms with Crippen LogP contribution in [-0.2, 0) is 21.7 Å². The maximum absolute atomic E-state index is 2.54. The molecule has 0 spiro atoms. The lowest BCUT2D eigenvalue weighted by molar-refractivity contribution is 0.587. The molecule has 0 amide bonds. The van der Waals surface area contributed by atoms with Crippen molar-refractivity contribution in [1.82, 2.24) is 0 Å². The normalized spacial score (nSPS) is 17.0. The maximum Gasteiger partial charge on any atom is 0.0714 e. The zero-order valence-corrected chi connectivity index (χ0v) is 40.5. The van der Waals surface area contributed by atoms with Crippen LogP contribution < -0.4 is 4.90 Å². The van der Waals surface area contributed by atoms with Crippen molar-refractivity contribution >= 4 is 27.8 Å². The Morgan fingerprint density at radius 1 is 0.304 bits per heavy atom. The molecule has 10 aromatic rings. The van der Waals surface area contributed by atoms with Crippen LogP contribution in [0.15, 0.2) is 237 Å². The molecular weight excluding hydrogens is 831 g/mol. The molecule has 2 atom stereocenters. The minimum absolute atomic E-state index is 0.0296. The summed E-state index contributed by atoms with van der Waals surface area (Å²) in [5, 5.41) is 2.41. The van der Waals surface area contributed by atoms with Crippen molar-refractivity contribution in [2.75, 3.05) is 4.90 Å². The second-order valence-electron chi connectivity index (χ2n) is 21.3. The van der Waals surface area contributed by atoms with Gasteiger partial charge in [0, 0.05) is 16.8 Å². The number of anilines is 3. The minimum Gasteiger partial charge on any atom is -0.310 e. The lowest BCUT2D eigenvalue weighted by atomic mass is 9.66. The van der Waals surface area contributed by atoms with E-state index < -0.39 is 10.8 Å². The SMILES string of the molecule is CC(C)(C)c1cccc(C2(c3ccccc3)c3ccccc3-c3ccc(N(c4ccc5c(c4)C(c4ccccc4)(c4cccc(C(C)(C)C)c4)c4ccccc4-5)c4cccc5ccccc45)cc32)c1. The van der Waals surface area contributed by atoms with E-state index in [4.69, 9.17) is 0 Å². The van der Waals surface area contributed by atoms with Crippen LogP contribution in [0.5, 0.6) is 0 Å². The van der Waals surface area contributed by atoms with E-state index in [0.717, 1.165) is 17.1 Å². The smallest absolute Gasteiger partial charge is 0.0714 e. The fourth-order valence-electron chi connectivity index (χ4n) is 12.0. The Labute approximate surface area is 408 Å². The Kier molecular flexibility index (Phi) is 9.84. The van der Waals surface area contributed by atoms with Crippen molar-refractivity contribution < 1.29 is 0 Å². The van der Waals surface area contributed by atoms with E-state index in [1.54, 1.807) is 0 Å². The summed E-state index contributed by atoms with van der Waals surface area (Å²) in [5.41, 5.74) is 20.2. The van der Waals surface area contributed by atoms with Crippen LogP contribution in [0.3, 0.4) is 0 Å². The van der Waals surface area contributed by atoms with Crippen LogP contribution in [0.25, 0.3) is 33.0 Å². The van der Waals surface area contributed by atoms with E-state index in [1.807, 2.05) is 0 Å². The Morgan fingerprint density at radius 3 is 1.19 bits per heavy atom. The number of hydrogen-bond acceptors (Lipinski definition) is 1. The predicted octanol–water partition coefficient (Wildman–Crippen LogP) is 17.6. The summed E-state index contributed by atoms with van der Waals surface area (Å²) in [6, 6.07) is 89.6. The fourth-order valence-corrected chi connectivity index (χ4v) is 12.0. The molecule has 2 aliphatic carbocycles. The highest BCUT2D eigenvalue weighted by Crippen LogP contribution is 2.60. The number of benzene rings is 10. The van der Waals surface area contributed by atoms with E-state index in [-0.39, 0.29) is 10.8 Å². The van der Waals surface area contributed by atoms with Gasteiger partial charge in [0.1, 0.15) is 0 Å². The molecule has 0 saturated carbocycles. The highest BCUT2D eigenvalue weighted by atomic mass is 15.1. The average molecular weight is 888 g/mol. The van der Waals surface area contributed by atoms with Crippen molar-refractivity contribution in [3.05, 3.63) is 292 Å². The van der Waals surface area contributed by atoms with Crippen LogP contribution >= 0.6 is 0 Å². The molecule has 1 heteroatoms. The van der Waals surface area contributed by atoms with Gasteiger partial charge in [0.2, 0.25) is 0 Å². The lowest BCUT2D eigenvalue weighted by Crippen LogP contribution is -2.30. The molecule has 0 fully saturated rings. The standard InChI is InChI=1S/C68H57N/c1-65(2,3)49-28-20-30-51(42-49)67(47-24-9-7-10-25-47)60-35-17-15-33-56(60)58-40-38-53(44-62(58)67)69(64-37-19-23-46-22-13-14-32-55(46)64)54-39-41-59-57-34-16-18-36-61(57)68(63(59)45-54,48-26-11-8-12-27-48)52-31-21-29-50(43-52)66(4,5)6/h7-45H,1-6H3. The first-order valence-corrected chi connectivity index (χ1v) is 24.6. The number of rotatable bonds is 7. The summed E-state index contributed by atoms with van der Waals surface area (Å²) in [5.74, 6) is 0. The van der Waals surface area contributed by atoms with Gasteiger partial charge in [-0.15, -0.1) is 0 Å². The van der Waals surface area contributed by atoms with Gasteiger partial charge in [-0.05, 0) is 124 Å². The predicted molar refractivity (Wildman–Crippen MR) is 291 cm³/mol. The van der Waals surface area contributed by atoms with E-state index in [1.165, 1.54) is 88.7 Å². The van der Waals surface area contributed by atoms with E-state index in [2.05, 4.69) is 283 Å². The average Bonchev–Trinajstić information content (AvgIpc) is 3.84. The first-order chi connectivity index (χ1) is 33.5. The fraction of sp³-hybridized carbons (Fsp3) is 0.147. The summed E-state index contributed by atoms with van der Waals surface area (Å²) >= 11 is 0. The monoisotopic (exact) mass is 887 g/mol. The molecule has 0 N–H and O–H groups in total. The number of fused-ring (bicyclic) bond motifs is 7. The zero-order valence-electron chi connectivity index (χ0n) is 40.5. The van der Waals surface area contributed by atoms with Crippen LogP contribution in [0.4, 0.5) is 17.1 Å². The molecule has 2 aliphatic rings. The summed E-state index contributed by atoms with van der Waals surface area (Å²) < 4.78 is 0. The molecule has 0 aromatic heterocycles. The molecule has 0 saturated heterocycles. The van der Waals surface area contributed by atoms with Gasteiger partial charge in [-0.25, -0.2) is 0 Å². The van der Waals surface area contributed by atoms with Gasteiger partial charge in [-0.1, -0.05) is 248 Å². The van der Waals surface area contributed by atoms with Crippen molar-refractivity contribution in [2.24, 2.45) is 0 Å². The van der Waals surface area contributed by atoms with Gasteiger partial charge in [-0.3, -0.25) is 0 Å². The third-order valence-electron chi connectivity index (χ3n) is 15.3. The van der Waals surface area contributed by atoms with Gasteiger partial charge in [-0.2, -0.15) is 0 Å². The van der Waals surface area contributed by atoms with Crippen molar-refractivity contribution in [3.8, 4) is 22.3 Å². The molecule has 0 bridgehead atoms. The molecule has 2 unspecified atom stereocenters. The van der Waals surface area contributed by atoms with Gasteiger partial charge in [0.15, 0.2) is 0 Å². The van der Waals surface area contributed by atoms with Gasteiger partial charge >= 0.3 is 0 Å². The van der Waals surface area contributed by atoms with Crippen molar-refractivity contribution in [2.45, 2.75) is 63.2 Å². The van der Waals surface area contributed by atoms with Gasteiger partial charge < -0.3 is 4.90 Å². The minimum atomic E-state index is -0.574. The molecule has 10 aromatic carbocycles. The van der Waals surface area contributed by atoms with Crippen LogP contribution in [0.2, 0.25) is 0 Å². The molecular formula is C68H57N. The highest BCUT2D eigenvalue weighted by Gasteiger charge is 2.48. The molecule has 0 heterocycles. The maximum atomic E-state index is 2.54. The molecule has 12 rings (SSSR count). The number of nitrogens with zero attached hydrogens (tertiary/aromatic N) is 1. The van der Waals surface area contributed by atoms with E-state index in [0.29, 0.717) is 0 Å². The number of hydrogen-bond donors (Lipinski definition) is 0. The second kappa shape index (κ2) is 15.9. The zero-order chi connectivity index (χ0) is 47.1. The molecule has 0 radical (unpaired) electrons. The summed E-state index contributed by atoms with van der Waals surface area (Å²) in [7, 11) is 0. The first-order valence-electron chi connectivity index (χ1n) is 24.6. The molecule has 0 aliphatic heterocycles. The second-order valence-corrected chi connectivity index (χ2v) is 21.3. The summed E-state index contributed by atoms with van der Waals surface area (Å²) in [6.45, 7) is 13.9. The van der Waals surface area contributed by atoms with E-state index >= 15 is 0 Å². The van der Waals surface area contributed by atoms with Gasteiger partial charge in [0.25, 0.3) is 0 Å². The van der Waals surface area contributed by atoms with Gasteiger partial charge in [0.05, 0.1) is 16.5 Å². The van der Waals surface area contributed by atoms with Crippen molar-refractivity contribution in [1.29, 1.82) is 0 Å². The molecule has 1 nitrogen and oxygen atoms in total. The third-order valence-corrected chi connectivity index (χ3v) is 15.3. The van der Waals surface area contributed by atoms with Crippen molar-refractivity contribution in [3.63, 3.8) is 0 Å². The van der Waals surface area contributed by atoms with Crippen LogP contribution in [-0.4, -0.2) is 0 Å². The Balaban J connectivity index is 1.17.